The predicted molar refractivity (Wildman–Crippen MR) is 74.9 cm³/mol. The first-order valence-electron chi connectivity index (χ1n) is 5.92. The number of carbonyl (C=O) groups is 1. The Hall–Kier alpha value is -0.710. The molecule has 1 saturated carbocycles. The molecule has 2 rings (SSSR count). The number of hydrogen-bond acceptors (Lipinski definition) is 3. The lowest BCUT2D eigenvalue weighted by molar-refractivity contribution is -0.142. The summed E-state index contributed by atoms with van der Waals surface area (Å²) in [7, 11) is 0. The molecule has 0 aromatic heterocycles. The quantitative estimate of drug-likeness (QED) is 0.741. The molecule has 98 valence electrons. The van der Waals surface area contributed by atoms with Crippen LogP contribution in [0.4, 0.5) is 0 Å². The van der Waals surface area contributed by atoms with E-state index in [2.05, 4.69) is 17.9 Å². The standard InChI is InChI=1S/C13H16ClNO2S/c14-11-3-1-2-10(6-11)13(17)7-9(8-13)12(16)15-4-5-18/h1-3,6,9,17-18H,4-5,7-8H2,(H,15,16). The molecule has 0 bridgehead atoms. The van der Waals surface area contributed by atoms with Gasteiger partial charge >= 0.3 is 0 Å². The van der Waals surface area contributed by atoms with Crippen LogP contribution < -0.4 is 5.32 Å². The summed E-state index contributed by atoms with van der Waals surface area (Å²) in [5, 5.41) is 13.8. The fraction of sp³-hybridized carbons (Fsp3) is 0.462. The maximum atomic E-state index is 11.7. The molecule has 1 aliphatic carbocycles. The molecule has 1 aliphatic rings. The van der Waals surface area contributed by atoms with Crippen molar-refractivity contribution in [3.05, 3.63) is 34.9 Å². The van der Waals surface area contributed by atoms with Gasteiger partial charge in [-0.25, -0.2) is 0 Å². The van der Waals surface area contributed by atoms with Crippen molar-refractivity contribution in [1.82, 2.24) is 5.32 Å². The van der Waals surface area contributed by atoms with Gasteiger partial charge in [-0.15, -0.1) is 0 Å². The fourth-order valence-corrected chi connectivity index (χ4v) is 2.58. The highest BCUT2D eigenvalue weighted by atomic mass is 35.5. The Bertz CT molecular complexity index is 446. The average Bonchev–Trinajstić information content (AvgIpc) is 2.32. The normalized spacial score (nSPS) is 26.5. The van der Waals surface area contributed by atoms with Crippen molar-refractivity contribution in [1.29, 1.82) is 0 Å². The number of nitrogens with one attached hydrogen (secondary N) is 1. The second-order valence-corrected chi connectivity index (χ2v) is 5.55. The molecule has 0 aliphatic heterocycles. The number of aliphatic hydroxyl groups is 1. The highest BCUT2D eigenvalue weighted by molar-refractivity contribution is 7.80. The smallest absolute Gasteiger partial charge is 0.223 e. The number of amides is 1. The first kappa shape index (κ1) is 13.7. The zero-order valence-corrected chi connectivity index (χ0v) is 11.5. The average molecular weight is 286 g/mol. The van der Waals surface area contributed by atoms with Gasteiger partial charge in [0.25, 0.3) is 0 Å². The third-order valence-electron chi connectivity index (χ3n) is 3.31. The summed E-state index contributed by atoms with van der Waals surface area (Å²) < 4.78 is 0. The van der Waals surface area contributed by atoms with Gasteiger partial charge in [-0.3, -0.25) is 4.79 Å². The van der Waals surface area contributed by atoms with E-state index in [0.29, 0.717) is 30.2 Å². The minimum Gasteiger partial charge on any atom is -0.385 e. The lowest BCUT2D eigenvalue weighted by Crippen LogP contribution is -2.48. The zero-order valence-electron chi connectivity index (χ0n) is 9.90. The van der Waals surface area contributed by atoms with Crippen LogP contribution in [0, 0.1) is 5.92 Å². The number of carbonyl (C=O) groups excluding carboxylic acids is 1. The minimum absolute atomic E-state index is 0.00393. The third kappa shape index (κ3) is 2.82. The molecule has 0 saturated heterocycles. The summed E-state index contributed by atoms with van der Waals surface area (Å²) in [6.45, 7) is 0.564. The number of benzene rings is 1. The molecule has 0 unspecified atom stereocenters. The van der Waals surface area contributed by atoms with E-state index in [-0.39, 0.29) is 11.8 Å². The van der Waals surface area contributed by atoms with Gasteiger partial charge in [0.2, 0.25) is 5.91 Å². The largest absolute Gasteiger partial charge is 0.385 e. The zero-order chi connectivity index (χ0) is 13.2. The van der Waals surface area contributed by atoms with Crippen LogP contribution in [0.2, 0.25) is 5.02 Å². The molecule has 1 aromatic carbocycles. The van der Waals surface area contributed by atoms with E-state index in [0.717, 1.165) is 5.56 Å². The van der Waals surface area contributed by atoms with E-state index in [1.54, 1.807) is 12.1 Å². The first-order valence-corrected chi connectivity index (χ1v) is 6.93. The number of hydrogen-bond donors (Lipinski definition) is 3. The van der Waals surface area contributed by atoms with Crippen molar-refractivity contribution in [2.24, 2.45) is 5.92 Å². The summed E-state index contributed by atoms with van der Waals surface area (Å²) in [4.78, 5) is 11.7. The van der Waals surface area contributed by atoms with Crippen LogP contribution in [-0.2, 0) is 10.4 Å². The van der Waals surface area contributed by atoms with Crippen molar-refractivity contribution in [3.63, 3.8) is 0 Å². The minimum atomic E-state index is -0.909. The van der Waals surface area contributed by atoms with Crippen LogP contribution in [0.3, 0.4) is 0 Å². The molecule has 0 atom stereocenters. The van der Waals surface area contributed by atoms with Gasteiger partial charge in [0.15, 0.2) is 0 Å². The predicted octanol–water partition coefficient (Wildman–Crippen LogP) is 1.98. The summed E-state index contributed by atoms with van der Waals surface area (Å²) in [6, 6.07) is 7.17. The van der Waals surface area contributed by atoms with E-state index in [1.165, 1.54) is 0 Å². The van der Waals surface area contributed by atoms with Gasteiger partial charge in [-0.1, -0.05) is 23.7 Å². The van der Waals surface area contributed by atoms with Gasteiger partial charge < -0.3 is 10.4 Å². The monoisotopic (exact) mass is 285 g/mol. The van der Waals surface area contributed by atoms with Gasteiger partial charge in [-0.2, -0.15) is 12.6 Å². The van der Waals surface area contributed by atoms with E-state index in [1.807, 2.05) is 12.1 Å². The molecule has 1 aromatic rings. The maximum absolute atomic E-state index is 11.7. The van der Waals surface area contributed by atoms with Crippen molar-refractivity contribution < 1.29 is 9.90 Å². The molecule has 2 N–H and O–H groups in total. The lowest BCUT2D eigenvalue weighted by atomic mass is 9.67. The fourth-order valence-electron chi connectivity index (χ4n) is 2.28. The first-order chi connectivity index (χ1) is 8.55. The van der Waals surface area contributed by atoms with Crippen molar-refractivity contribution in [2.75, 3.05) is 12.3 Å². The highest BCUT2D eigenvalue weighted by Gasteiger charge is 2.47. The summed E-state index contributed by atoms with van der Waals surface area (Å²) in [5.74, 6) is 0.501. The van der Waals surface area contributed by atoms with E-state index < -0.39 is 5.60 Å². The van der Waals surface area contributed by atoms with Crippen LogP contribution in [0.1, 0.15) is 18.4 Å². The number of halogens is 1. The number of rotatable bonds is 4. The Balaban J connectivity index is 1.96. The second-order valence-electron chi connectivity index (χ2n) is 4.66. The van der Waals surface area contributed by atoms with E-state index in [9.17, 15) is 9.90 Å². The van der Waals surface area contributed by atoms with Crippen molar-refractivity contribution >= 4 is 30.1 Å². The van der Waals surface area contributed by atoms with Gasteiger partial charge in [0, 0.05) is 23.2 Å². The number of thiol groups is 1. The van der Waals surface area contributed by atoms with E-state index in [4.69, 9.17) is 11.6 Å². The van der Waals surface area contributed by atoms with Crippen molar-refractivity contribution in [2.45, 2.75) is 18.4 Å². The lowest BCUT2D eigenvalue weighted by Gasteiger charge is -2.43. The van der Waals surface area contributed by atoms with Crippen LogP contribution in [0.15, 0.2) is 24.3 Å². The summed E-state index contributed by atoms with van der Waals surface area (Å²) in [6.07, 6.45) is 0.900. The topological polar surface area (TPSA) is 49.3 Å². The molecule has 0 heterocycles. The molecule has 18 heavy (non-hydrogen) atoms. The van der Waals surface area contributed by atoms with Crippen LogP contribution >= 0.6 is 24.2 Å². The molecule has 1 fully saturated rings. The van der Waals surface area contributed by atoms with Crippen LogP contribution in [-0.4, -0.2) is 23.3 Å². The highest BCUT2D eigenvalue weighted by Crippen LogP contribution is 2.46. The molecule has 0 radical (unpaired) electrons. The molecule has 0 spiro atoms. The molecule has 3 nitrogen and oxygen atoms in total. The Kier molecular flexibility index (Phi) is 4.20. The van der Waals surface area contributed by atoms with Crippen LogP contribution in [0.25, 0.3) is 0 Å². The molecular weight excluding hydrogens is 270 g/mol. The SMILES string of the molecule is O=C(NCCS)C1CC(O)(c2cccc(Cl)c2)C1. The molecule has 1 amide bonds. The summed E-state index contributed by atoms with van der Waals surface area (Å²) >= 11 is 9.94. The van der Waals surface area contributed by atoms with Crippen LogP contribution in [0.5, 0.6) is 0 Å². The Morgan fingerprint density at radius 1 is 1.56 bits per heavy atom. The van der Waals surface area contributed by atoms with E-state index >= 15 is 0 Å². The van der Waals surface area contributed by atoms with Crippen molar-refractivity contribution in [3.8, 4) is 0 Å². The molecule has 5 heteroatoms. The van der Waals surface area contributed by atoms with Gasteiger partial charge in [0.1, 0.15) is 0 Å². The summed E-state index contributed by atoms with van der Waals surface area (Å²) in [5.41, 5.74) is -0.123. The second kappa shape index (κ2) is 5.51. The Labute approximate surface area is 117 Å². The third-order valence-corrected chi connectivity index (χ3v) is 3.77. The Morgan fingerprint density at radius 2 is 2.28 bits per heavy atom. The van der Waals surface area contributed by atoms with Gasteiger partial charge in [-0.05, 0) is 30.5 Å². The van der Waals surface area contributed by atoms with Gasteiger partial charge in [0.05, 0.1) is 5.60 Å². The molecular formula is C13H16ClNO2S. The maximum Gasteiger partial charge on any atom is 0.223 e. The Morgan fingerprint density at radius 3 is 2.89 bits per heavy atom.